The van der Waals surface area contributed by atoms with Gasteiger partial charge in [0.05, 0.1) is 4.90 Å². The molecule has 6 nitrogen and oxygen atoms in total. The second-order valence-electron chi connectivity index (χ2n) is 4.49. The molecule has 0 spiro atoms. The Morgan fingerprint density at radius 1 is 1.35 bits per heavy atom. The Balaban J connectivity index is 0.000000370. The van der Waals surface area contributed by atoms with E-state index < -0.39 is 10.1 Å². The average molecular weight is 302 g/mol. The number of aryl methyl sites for hydroxylation is 1. The van der Waals surface area contributed by atoms with Crippen LogP contribution in [0.4, 0.5) is 0 Å². The summed E-state index contributed by atoms with van der Waals surface area (Å²) in [5.41, 5.74) is 3.07. The number of hydrogen-bond donors (Lipinski definition) is 3. The van der Waals surface area contributed by atoms with Crippen molar-refractivity contribution in [2.24, 2.45) is 11.8 Å². The molecule has 114 valence electrons. The van der Waals surface area contributed by atoms with Crippen LogP contribution in [-0.4, -0.2) is 18.9 Å². The van der Waals surface area contributed by atoms with E-state index >= 15 is 0 Å². The molecule has 0 saturated carbocycles. The Kier molecular flexibility index (Phi) is 8.05. The number of amides is 1. The van der Waals surface area contributed by atoms with Crippen LogP contribution in [0.2, 0.25) is 0 Å². The molecule has 0 saturated heterocycles. The molecule has 0 heterocycles. The van der Waals surface area contributed by atoms with Crippen LogP contribution >= 0.6 is 0 Å². The first-order valence-corrected chi connectivity index (χ1v) is 7.71. The summed E-state index contributed by atoms with van der Waals surface area (Å²) in [5, 5.41) is 0. The number of benzene rings is 1. The molecular weight excluding hydrogens is 280 g/mol. The first-order chi connectivity index (χ1) is 9.22. The Labute approximate surface area is 120 Å². The lowest BCUT2D eigenvalue weighted by Crippen LogP contribution is -2.34. The molecule has 0 radical (unpaired) electrons. The fraction of sp³-hybridized carbons (Fsp3) is 0.462. The molecule has 20 heavy (non-hydrogen) atoms. The lowest BCUT2D eigenvalue weighted by atomic mass is 10.1. The summed E-state index contributed by atoms with van der Waals surface area (Å²) >= 11 is 0. The van der Waals surface area contributed by atoms with Crippen molar-refractivity contribution in [2.45, 2.75) is 38.5 Å². The summed E-state index contributed by atoms with van der Waals surface area (Å²) in [6.45, 7) is 5.75. The van der Waals surface area contributed by atoms with Gasteiger partial charge >= 0.3 is 0 Å². The summed E-state index contributed by atoms with van der Waals surface area (Å²) in [5.74, 6) is 4.89. The predicted molar refractivity (Wildman–Crippen MR) is 77.4 cm³/mol. The van der Waals surface area contributed by atoms with Crippen molar-refractivity contribution in [2.75, 3.05) is 0 Å². The van der Waals surface area contributed by atoms with Crippen molar-refractivity contribution in [1.82, 2.24) is 5.43 Å². The number of nitrogens with two attached hydrogens (primary N) is 1. The van der Waals surface area contributed by atoms with E-state index in [9.17, 15) is 13.2 Å². The van der Waals surface area contributed by atoms with Gasteiger partial charge in [0.15, 0.2) is 0 Å². The van der Waals surface area contributed by atoms with Gasteiger partial charge in [-0.3, -0.25) is 14.8 Å². The van der Waals surface area contributed by atoms with E-state index in [1.165, 1.54) is 12.1 Å². The number of carbonyl (C=O) groups excluding carboxylic acids is 1. The van der Waals surface area contributed by atoms with E-state index in [2.05, 4.69) is 5.43 Å². The van der Waals surface area contributed by atoms with Gasteiger partial charge in [0.2, 0.25) is 5.91 Å². The van der Waals surface area contributed by atoms with Gasteiger partial charge in [-0.2, -0.15) is 8.42 Å². The van der Waals surface area contributed by atoms with Crippen molar-refractivity contribution in [3.05, 3.63) is 29.8 Å². The van der Waals surface area contributed by atoms with Gasteiger partial charge in [-0.25, -0.2) is 5.84 Å². The molecule has 1 aromatic carbocycles. The van der Waals surface area contributed by atoms with Crippen LogP contribution in [0.3, 0.4) is 0 Å². The largest absolute Gasteiger partial charge is 0.294 e. The smallest absolute Gasteiger partial charge is 0.294 e. The van der Waals surface area contributed by atoms with E-state index in [1.54, 1.807) is 12.1 Å². The minimum absolute atomic E-state index is 0.0556. The summed E-state index contributed by atoms with van der Waals surface area (Å²) in [7, 11) is -4.02. The number of nitrogens with one attached hydrogen (secondary N) is 1. The molecule has 0 aromatic heterocycles. The molecule has 1 atom stereocenters. The monoisotopic (exact) mass is 302 g/mol. The van der Waals surface area contributed by atoms with Crippen molar-refractivity contribution < 1.29 is 17.8 Å². The Bertz CT molecular complexity index is 512. The zero-order chi connectivity index (χ0) is 15.8. The van der Waals surface area contributed by atoms with Crippen LogP contribution in [0, 0.1) is 12.8 Å². The lowest BCUT2D eigenvalue weighted by molar-refractivity contribution is -0.124. The zero-order valence-electron chi connectivity index (χ0n) is 12.0. The van der Waals surface area contributed by atoms with E-state index in [0.717, 1.165) is 18.4 Å². The van der Waals surface area contributed by atoms with Gasteiger partial charge in [0, 0.05) is 5.92 Å². The van der Waals surface area contributed by atoms with E-state index in [-0.39, 0.29) is 16.7 Å². The maximum atomic E-state index is 10.7. The number of hydrazine groups is 1. The molecular formula is C13H22N2O4S. The molecule has 0 aliphatic carbocycles. The highest BCUT2D eigenvalue weighted by Crippen LogP contribution is 2.08. The third kappa shape index (κ3) is 7.22. The fourth-order valence-electron chi connectivity index (χ4n) is 1.42. The maximum Gasteiger partial charge on any atom is 0.294 e. The lowest BCUT2D eigenvalue weighted by Gasteiger charge is -2.05. The van der Waals surface area contributed by atoms with Gasteiger partial charge in [0.1, 0.15) is 0 Å². The highest BCUT2D eigenvalue weighted by Gasteiger charge is 2.08. The van der Waals surface area contributed by atoms with E-state index in [4.69, 9.17) is 10.4 Å². The van der Waals surface area contributed by atoms with Crippen molar-refractivity contribution in [1.29, 1.82) is 0 Å². The van der Waals surface area contributed by atoms with Crippen LogP contribution < -0.4 is 11.3 Å². The maximum absolute atomic E-state index is 10.7. The molecule has 0 aliphatic heterocycles. The standard InChI is InChI=1S/C7H8O3S.C6H14N2O/c1-6-2-4-7(5-3-6)11(8,9)10;1-3-4-5(2)6(9)8-7/h2-5H,1H3,(H,8,9,10);5H,3-4,7H2,1-2H3,(H,8,9). The Morgan fingerprint density at radius 3 is 2.20 bits per heavy atom. The van der Waals surface area contributed by atoms with Crippen LogP contribution in [0.5, 0.6) is 0 Å². The summed E-state index contributed by atoms with van der Waals surface area (Å²) < 4.78 is 29.6. The van der Waals surface area contributed by atoms with Crippen LogP contribution in [0.15, 0.2) is 29.2 Å². The van der Waals surface area contributed by atoms with E-state index in [0.29, 0.717) is 0 Å². The van der Waals surface area contributed by atoms with Gasteiger partial charge in [0.25, 0.3) is 10.1 Å². The molecule has 7 heteroatoms. The minimum atomic E-state index is -4.02. The number of hydrogen-bond acceptors (Lipinski definition) is 4. The molecule has 0 fully saturated rings. The summed E-state index contributed by atoms with van der Waals surface area (Å²) in [6.07, 6.45) is 1.93. The molecule has 0 bridgehead atoms. The van der Waals surface area contributed by atoms with Crippen molar-refractivity contribution >= 4 is 16.0 Å². The quantitative estimate of drug-likeness (QED) is 0.339. The molecule has 0 aliphatic rings. The van der Waals surface area contributed by atoms with Crippen molar-refractivity contribution in [3.8, 4) is 0 Å². The molecule has 1 amide bonds. The van der Waals surface area contributed by atoms with Gasteiger partial charge < -0.3 is 0 Å². The van der Waals surface area contributed by atoms with Gasteiger partial charge in [-0.15, -0.1) is 0 Å². The van der Waals surface area contributed by atoms with Crippen LogP contribution in [0.25, 0.3) is 0 Å². The first-order valence-electron chi connectivity index (χ1n) is 6.27. The third-order valence-electron chi connectivity index (χ3n) is 2.63. The van der Waals surface area contributed by atoms with Gasteiger partial charge in [-0.05, 0) is 25.5 Å². The molecule has 1 unspecified atom stereocenters. The highest BCUT2D eigenvalue weighted by molar-refractivity contribution is 7.85. The Morgan fingerprint density at radius 2 is 1.85 bits per heavy atom. The average Bonchev–Trinajstić information content (AvgIpc) is 2.38. The molecule has 1 rings (SSSR count). The highest BCUT2D eigenvalue weighted by atomic mass is 32.2. The van der Waals surface area contributed by atoms with Crippen LogP contribution in [0.1, 0.15) is 32.3 Å². The minimum Gasteiger partial charge on any atom is -0.294 e. The topological polar surface area (TPSA) is 109 Å². The fourth-order valence-corrected chi connectivity index (χ4v) is 1.90. The number of rotatable bonds is 4. The third-order valence-corrected chi connectivity index (χ3v) is 3.50. The first kappa shape index (κ1) is 18.6. The molecule has 4 N–H and O–H groups in total. The van der Waals surface area contributed by atoms with Crippen molar-refractivity contribution in [3.63, 3.8) is 0 Å². The van der Waals surface area contributed by atoms with E-state index in [1.807, 2.05) is 20.8 Å². The second kappa shape index (κ2) is 8.68. The van der Waals surface area contributed by atoms with Crippen LogP contribution in [-0.2, 0) is 14.9 Å². The normalized spacial score (nSPS) is 12.1. The number of carbonyl (C=O) groups is 1. The second-order valence-corrected chi connectivity index (χ2v) is 5.91. The zero-order valence-corrected chi connectivity index (χ0v) is 12.8. The molecule has 1 aromatic rings. The SMILES string of the molecule is CCCC(C)C(=O)NN.Cc1ccc(S(=O)(=O)O)cc1. The summed E-state index contributed by atoms with van der Waals surface area (Å²) in [4.78, 5) is 10.6. The van der Waals surface area contributed by atoms with Gasteiger partial charge in [-0.1, -0.05) is 38.0 Å². The summed E-state index contributed by atoms with van der Waals surface area (Å²) in [6, 6.07) is 5.99. The Hall–Kier alpha value is -1.44. The predicted octanol–water partition coefficient (Wildman–Crippen LogP) is 1.65.